The maximum absolute atomic E-state index is 9.04. The van der Waals surface area contributed by atoms with E-state index in [2.05, 4.69) is 9.47 Å². The van der Waals surface area contributed by atoms with Crippen molar-refractivity contribution < 1.29 is 29.5 Å². The van der Waals surface area contributed by atoms with Crippen LogP contribution in [0.5, 0.6) is 0 Å². The Hall–Kier alpha value is -0.240. The summed E-state index contributed by atoms with van der Waals surface area (Å²) in [4.78, 5) is 0. The van der Waals surface area contributed by atoms with E-state index in [1.54, 1.807) is 0 Å². The van der Waals surface area contributed by atoms with Gasteiger partial charge in [0, 0.05) is 7.11 Å². The molecule has 1 heterocycles. The van der Waals surface area contributed by atoms with Crippen LogP contribution in [-0.4, -0.2) is 54.0 Å². The van der Waals surface area contributed by atoms with E-state index in [4.69, 9.17) is 20.1 Å². The molecule has 12 heavy (non-hydrogen) atoms. The average molecular weight is 180 g/mol. The zero-order valence-corrected chi connectivity index (χ0v) is 6.58. The summed E-state index contributed by atoms with van der Waals surface area (Å²) in [6, 6.07) is 0. The van der Waals surface area contributed by atoms with Gasteiger partial charge in [0.1, 0.15) is 6.10 Å². The van der Waals surface area contributed by atoms with Gasteiger partial charge < -0.3 is 29.5 Å². The van der Waals surface area contributed by atoms with Crippen LogP contribution in [0.3, 0.4) is 0 Å². The van der Waals surface area contributed by atoms with Gasteiger partial charge in [0.2, 0.25) is 12.6 Å². The quantitative estimate of drug-likeness (QED) is 0.455. The first-order valence-corrected chi connectivity index (χ1v) is 3.49. The summed E-state index contributed by atoms with van der Waals surface area (Å²) in [6.45, 7) is -0.395. The van der Waals surface area contributed by atoms with Crippen LogP contribution in [0.2, 0.25) is 0 Å². The van der Waals surface area contributed by atoms with Gasteiger partial charge in [0.15, 0.2) is 6.29 Å². The monoisotopic (exact) mass is 180 g/mol. The Balaban J connectivity index is 2.50. The smallest absolute Gasteiger partial charge is 0.209 e. The molecular weight excluding hydrogens is 168 g/mol. The van der Waals surface area contributed by atoms with Gasteiger partial charge in [0.25, 0.3) is 0 Å². The summed E-state index contributed by atoms with van der Waals surface area (Å²) in [5.74, 6) is 0. The molecule has 0 amide bonds. The Kier molecular flexibility index (Phi) is 3.39. The number of ether oxygens (including phenoxy) is 3. The second kappa shape index (κ2) is 4.13. The molecular formula is C6H12O6. The van der Waals surface area contributed by atoms with E-state index in [1.165, 1.54) is 7.11 Å². The van der Waals surface area contributed by atoms with E-state index in [9.17, 15) is 0 Å². The third-order valence-corrected chi connectivity index (χ3v) is 1.55. The first kappa shape index (κ1) is 9.85. The second-order valence-electron chi connectivity index (χ2n) is 2.38. The molecule has 1 aliphatic rings. The molecule has 3 N–H and O–H groups in total. The Bertz CT molecular complexity index is 126. The van der Waals surface area contributed by atoms with E-state index in [0.717, 1.165) is 0 Å². The SMILES string of the molecule is CO[C@H]1O[C@H](CO)[C@@H](O)O[C@@H]1O. The lowest BCUT2D eigenvalue weighted by Gasteiger charge is -2.35. The Morgan fingerprint density at radius 3 is 2.42 bits per heavy atom. The van der Waals surface area contributed by atoms with Crippen LogP contribution in [0.4, 0.5) is 0 Å². The number of aliphatic hydroxyl groups excluding tert-OH is 3. The minimum Gasteiger partial charge on any atom is -0.393 e. The van der Waals surface area contributed by atoms with Gasteiger partial charge >= 0.3 is 0 Å². The first-order valence-electron chi connectivity index (χ1n) is 3.49. The third-order valence-electron chi connectivity index (χ3n) is 1.55. The van der Waals surface area contributed by atoms with Crippen molar-refractivity contribution >= 4 is 0 Å². The first-order chi connectivity index (χ1) is 5.69. The van der Waals surface area contributed by atoms with Crippen LogP contribution in [0.15, 0.2) is 0 Å². The fourth-order valence-electron chi connectivity index (χ4n) is 0.907. The second-order valence-corrected chi connectivity index (χ2v) is 2.38. The van der Waals surface area contributed by atoms with Crippen LogP contribution in [0.1, 0.15) is 0 Å². The van der Waals surface area contributed by atoms with E-state index in [1.807, 2.05) is 0 Å². The number of aliphatic hydroxyl groups is 3. The van der Waals surface area contributed by atoms with Crippen molar-refractivity contribution in [1.82, 2.24) is 0 Å². The largest absolute Gasteiger partial charge is 0.393 e. The zero-order chi connectivity index (χ0) is 9.14. The third kappa shape index (κ3) is 1.92. The molecule has 6 nitrogen and oxygen atoms in total. The molecule has 72 valence electrons. The maximum Gasteiger partial charge on any atom is 0.209 e. The topological polar surface area (TPSA) is 88.4 Å². The standard InChI is InChI=1S/C6H12O6/c1-10-6-5(9)12-4(8)3(2-7)11-6/h3-9H,2H2,1H3/t3-,4+,5+,6+/m1/s1. The van der Waals surface area contributed by atoms with Crippen LogP contribution in [-0.2, 0) is 14.2 Å². The van der Waals surface area contributed by atoms with Crippen molar-refractivity contribution in [3.63, 3.8) is 0 Å². The van der Waals surface area contributed by atoms with E-state index >= 15 is 0 Å². The number of hydrogen-bond acceptors (Lipinski definition) is 6. The molecule has 0 spiro atoms. The summed E-state index contributed by atoms with van der Waals surface area (Å²) >= 11 is 0. The fraction of sp³-hybridized carbons (Fsp3) is 1.00. The van der Waals surface area contributed by atoms with Crippen molar-refractivity contribution in [3.05, 3.63) is 0 Å². The van der Waals surface area contributed by atoms with Gasteiger partial charge in [-0.15, -0.1) is 0 Å². The molecule has 1 rings (SSSR count). The number of rotatable bonds is 2. The predicted octanol–water partition coefficient (Wildman–Crippen LogP) is -2.00. The minimum atomic E-state index is -1.33. The highest BCUT2D eigenvalue weighted by Crippen LogP contribution is 2.17. The summed E-state index contributed by atoms with van der Waals surface area (Å²) in [5.41, 5.74) is 0. The van der Waals surface area contributed by atoms with Crippen molar-refractivity contribution in [3.8, 4) is 0 Å². The van der Waals surface area contributed by atoms with E-state index < -0.39 is 31.6 Å². The molecule has 0 aromatic carbocycles. The molecule has 1 saturated heterocycles. The van der Waals surface area contributed by atoms with Crippen LogP contribution < -0.4 is 0 Å². The highest BCUT2D eigenvalue weighted by atomic mass is 16.8. The molecule has 1 aliphatic heterocycles. The molecule has 0 aliphatic carbocycles. The van der Waals surface area contributed by atoms with E-state index in [-0.39, 0.29) is 0 Å². The molecule has 0 aromatic heterocycles. The van der Waals surface area contributed by atoms with Crippen LogP contribution in [0, 0.1) is 0 Å². The van der Waals surface area contributed by atoms with E-state index in [0.29, 0.717) is 0 Å². The summed E-state index contributed by atoms with van der Waals surface area (Å²) in [6.07, 6.45) is -4.49. The predicted molar refractivity (Wildman–Crippen MR) is 35.9 cm³/mol. The molecule has 0 aromatic rings. The van der Waals surface area contributed by atoms with Gasteiger partial charge in [-0.3, -0.25) is 0 Å². The molecule has 4 atom stereocenters. The summed E-state index contributed by atoms with van der Waals surface area (Å²) in [5, 5.41) is 26.7. The highest BCUT2D eigenvalue weighted by Gasteiger charge is 2.36. The van der Waals surface area contributed by atoms with Crippen LogP contribution in [0.25, 0.3) is 0 Å². The lowest BCUT2D eigenvalue weighted by molar-refractivity contribution is -0.383. The van der Waals surface area contributed by atoms with Gasteiger partial charge in [-0.2, -0.15) is 0 Å². The van der Waals surface area contributed by atoms with Crippen molar-refractivity contribution in [2.45, 2.75) is 25.0 Å². The van der Waals surface area contributed by atoms with Crippen molar-refractivity contribution in [2.24, 2.45) is 0 Å². The minimum absolute atomic E-state index is 0.395. The zero-order valence-electron chi connectivity index (χ0n) is 6.58. The molecule has 0 bridgehead atoms. The molecule has 0 radical (unpaired) electrons. The molecule has 0 saturated carbocycles. The van der Waals surface area contributed by atoms with Crippen LogP contribution >= 0.6 is 0 Å². The van der Waals surface area contributed by atoms with Gasteiger partial charge in [-0.25, -0.2) is 0 Å². The highest BCUT2D eigenvalue weighted by molar-refractivity contribution is 4.67. The summed E-state index contributed by atoms with van der Waals surface area (Å²) < 4.78 is 14.2. The Morgan fingerprint density at radius 2 is 1.92 bits per heavy atom. The Labute approximate surface area is 69.3 Å². The van der Waals surface area contributed by atoms with Gasteiger partial charge in [0.05, 0.1) is 6.61 Å². The maximum atomic E-state index is 9.04. The number of hydrogen-bond donors (Lipinski definition) is 3. The van der Waals surface area contributed by atoms with Gasteiger partial charge in [-0.05, 0) is 0 Å². The molecule has 0 unspecified atom stereocenters. The normalized spacial score (nSPS) is 43.0. The lowest BCUT2D eigenvalue weighted by Crippen LogP contribution is -2.51. The average Bonchev–Trinajstić information content (AvgIpc) is 2.05. The van der Waals surface area contributed by atoms with Crippen molar-refractivity contribution in [1.29, 1.82) is 0 Å². The van der Waals surface area contributed by atoms with Gasteiger partial charge in [-0.1, -0.05) is 0 Å². The Morgan fingerprint density at radius 1 is 1.25 bits per heavy atom. The fourth-order valence-corrected chi connectivity index (χ4v) is 0.907. The molecule has 6 heteroatoms. The number of methoxy groups -OCH3 is 1. The van der Waals surface area contributed by atoms with Crippen molar-refractivity contribution in [2.75, 3.05) is 13.7 Å². The lowest BCUT2D eigenvalue weighted by atomic mass is 10.3. The summed E-state index contributed by atoms with van der Waals surface area (Å²) in [7, 11) is 1.32. The molecule has 1 fully saturated rings.